The molecule has 0 radical (unpaired) electrons. The van der Waals surface area contributed by atoms with Crippen molar-refractivity contribution >= 4 is 27.7 Å². The molecule has 1 aromatic carbocycles. The molecule has 0 aliphatic heterocycles. The lowest BCUT2D eigenvalue weighted by atomic mass is 10.0. The van der Waals surface area contributed by atoms with Crippen LogP contribution in [0.2, 0.25) is 0 Å². The second kappa shape index (κ2) is 5.34. The van der Waals surface area contributed by atoms with Crippen LogP contribution >= 0.6 is 15.9 Å². The Morgan fingerprint density at radius 2 is 2.17 bits per heavy atom. The summed E-state index contributed by atoms with van der Waals surface area (Å²) < 4.78 is 14.1. The van der Waals surface area contributed by atoms with Gasteiger partial charge in [0.05, 0.1) is 11.1 Å². The lowest BCUT2D eigenvalue weighted by molar-refractivity contribution is 0.0926. The summed E-state index contributed by atoms with van der Waals surface area (Å²) in [5.74, 6) is -1.47. The van der Waals surface area contributed by atoms with Gasteiger partial charge in [0.1, 0.15) is 5.82 Å². The summed E-state index contributed by atoms with van der Waals surface area (Å²) in [5, 5.41) is 13.9. The van der Waals surface area contributed by atoms with E-state index >= 15 is 0 Å². The van der Waals surface area contributed by atoms with Crippen molar-refractivity contribution in [3.05, 3.63) is 34.1 Å². The molecular formula is C11H13BrFN3O2. The standard InChI is InChI=1S/C11H13BrFN3O2/c1-11(2,10(14)16-18)15-9(17)7-5-6(12)3-4-8(7)13/h3-5,18H,1-2H3,(H2,14,16)(H,15,17). The highest BCUT2D eigenvalue weighted by Gasteiger charge is 2.27. The maximum absolute atomic E-state index is 13.5. The van der Waals surface area contributed by atoms with E-state index < -0.39 is 17.3 Å². The van der Waals surface area contributed by atoms with Crippen molar-refractivity contribution in [2.45, 2.75) is 19.4 Å². The number of rotatable bonds is 3. The van der Waals surface area contributed by atoms with Crippen LogP contribution in [-0.2, 0) is 0 Å². The fourth-order valence-electron chi connectivity index (χ4n) is 1.21. The van der Waals surface area contributed by atoms with Crippen molar-refractivity contribution in [1.29, 1.82) is 0 Å². The maximum Gasteiger partial charge on any atom is 0.255 e. The molecule has 4 N–H and O–H groups in total. The Morgan fingerprint density at radius 3 is 2.72 bits per heavy atom. The van der Waals surface area contributed by atoms with Crippen LogP contribution in [0.4, 0.5) is 4.39 Å². The largest absolute Gasteiger partial charge is 0.409 e. The zero-order valence-corrected chi connectivity index (χ0v) is 11.5. The Labute approximate surface area is 112 Å². The minimum absolute atomic E-state index is 0.122. The first-order valence-electron chi connectivity index (χ1n) is 5.03. The van der Waals surface area contributed by atoms with Crippen LogP contribution in [-0.4, -0.2) is 22.5 Å². The van der Waals surface area contributed by atoms with Crippen LogP contribution in [0.15, 0.2) is 27.8 Å². The van der Waals surface area contributed by atoms with Crippen molar-refractivity contribution in [1.82, 2.24) is 5.32 Å². The molecule has 98 valence electrons. The molecule has 0 unspecified atom stereocenters. The number of nitrogens with two attached hydrogens (primary N) is 1. The lowest BCUT2D eigenvalue weighted by Crippen LogP contribution is -2.53. The number of halogens is 2. The van der Waals surface area contributed by atoms with Gasteiger partial charge in [0.25, 0.3) is 5.91 Å². The zero-order valence-electron chi connectivity index (χ0n) is 9.87. The molecular weight excluding hydrogens is 305 g/mol. The van der Waals surface area contributed by atoms with Crippen molar-refractivity contribution < 1.29 is 14.4 Å². The normalized spacial score (nSPS) is 12.3. The van der Waals surface area contributed by atoms with Gasteiger partial charge in [0.15, 0.2) is 5.84 Å². The third kappa shape index (κ3) is 3.19. The van der Waals surface area contributed by atoms with Gasteiger partial charge in [0.2, 0.25) is 0 Å². The first kappa shape index (κ1) is 14.4. The number of oxime groups is 1. The van der Waals surface area contributed by atoms with Crippen LogP contribution in [0.25, 0.3) is 0 Å². The summed E-state index contributed by atoms with van der Waals surface area (Å²) >= 11 is 3.15. The van der Waals surface area contributed by atoms with Crippen LogP contribution in [0.5, 0.6) is 0 Å². The third-order valence-corrected chi connectivity index (χ3v) is 2.84. The molecule has 0 bridgehead atoms. The first-order valence-corrected chi connectivity index (χ1v) is 5.83. The van der Waals surface area contributed by atoms with Gasteiger partial charge in [0, 0.05) is 4.47 Å². The predicted octanol–water partition coefficient (Wildman–Crippen LogP) is 1.84. The molecule has 1 aromatic rings. The lowest BCUT2D eigenvalue weighted by Gasteiger charge is -2.24. The van der Waals surface area contributed by atoms with Crippen LogP contribution in [0.1, 0.15) is 24.2 Å². The van der Waals surface area contributed by atoms with Crippen molar-refractivity contribution in [2.75, 3.05) is 0 Å². The quantitative estimate of drug-likeness (QED) is 0.344. The molecule has 0 saturated carbocycles. The Bertz CT molecular complexity index is 503. The molecule has 7 heteroatoms. The van der Waals surface area contributed by atoms with Gasteiger partial charge < -0.3 is 16.3 Å². The topological polar surface area (TPSA) is 87.7 Å². The Kier molecular flexibility index (Phi) is 4.28. The summed E-state index contributed by atoms with van der Waals surface area (Å²) in [4.78, 5) is 11.9. The number of amidine groups is 1. The average molecular weight is 318 g/mol. The van der Waals surface area contributed by atoms with Crippen molar-refractivity contribution in [3.8, 4) is 0 Å². The SMILES string of the molecule is CC(C)(NC(=O)c1cc(Br)ccc1F)/C(N)=N/O. The predicted molar refractivity (Wildman–Crippen MR) is 69.1 cm³/mol. The molecule has 0 heterocycles. The number of benzene rings is 1. The molecule has 0 aromatic heterocycles. The monoisotopic (exact) mass is 317 g/mol. The molecule has 1 rings (SSSR count). The maximum atomic E-state index is 13.5. The molecule has 18 heavy (non-hydrogen) atoms. The smallest absolute Gasteiger partial charge is 0.255 e. The molecule has 0 fully saturated rings. The highest BCUT2D eigenvalue weighted by atomic mass is 79.9. The van der Waals surface area contributed by atoms with Crippen molar-refractivity contribution in [3.63, 3.8) is 0 Å². The number of carbonyl (C=O) groups is 1. The number of nitrogens with zero attached hydrogens (tertiary/aromatic N) is 1. The number of nitrogens with one attached hydrogen (secondary N) is 1. The molecule has 0 saturated heterocycles. The molecule has 0 atom stereocenters. The zero-order chi connectivity index (χ0) is 13.9. The fraction of sp³-hybridized carbons (Fsp3) is 0.273. The van der Waals surface area contributed by atoms with E-state index in [4.69, 9.17) is 10.9 Å². The van der Waals surface area contributed by atoms with E-state index in [0.29, 0.717) is 4.47 Å². The van der Waals surface area contributed by atoms with Crippen LogP contribution < -0.4 is 11.1 Å². The molecule has 0 aliphatic carbocycles. The van der Waals surface area contributed by atoms with Gasteiger partial charge in [-0.3, -0.25) is 4.79 Å². The van der Waals surface area contributed by atoms with Gasteiger partial charge in [-0.2, -0.15) is 0 Å². The Morgan fingerprint density at radius 1 is 1.56 bits per heavy atom. The summed E-state index contributed by atoms with van der Waals surface area (Å²) in [6.45, 7) is 3.08. The van der Waals surface area contributed by atoms with E-state index in [1.807, 2.05) is 0 Å². The minimum Gasteiger partial charge on any atom is -0.409 e. The second-order valence-corrected chi connectivity index (χ2v) is 5.10. The molecule has 1 amide bonds. The highest BCUT2D eigenvalue weighted by Crippen LogP contribution is 2.16. The number of carbonyl (C=O) groups excluding carboxylic acids is 1. The van der Waals surface area contributed by atoms with Gasteiger partial charge in [-0.15, -0.1) is 0 Å². The molecule has 0 spiro atoms. The van der Waals surface area contributed by atoms with Gasteiger partial charge in [-0.05, 0) is 32.0 Å². The Hall–Kier alpha value is -1.63. The van der Waals surface area contributed by atoms with Gasteiger partial charge in [-0.1, -0.05) is 21.1 Å². The average Bonchev–Trinajstić information content (AvgIpc) is 2.30. The van der Waals surface area contributed by atoms with Crippen molar-refractivity contribution in [2.24, 2.45) is 10.9 Å². The van der Waals surface area contributed by atoms with Gasteiger partial charge in [-0.25, -0.2) is 4.39 Å². The first-order chi connectivity index (χ1) is 8.27. The van der Waals surface area contributed by atoms with Crippen LogP contribution in [0.3, 0.4) is 0 Å². The van der Waals surface area contributed by atoms with E-state index in [1.54, 1.807) is 0 Å². The summed E-state index contributed by atoms with van der Waals surface area (Å²) in [6, 6.07) is 4.02. The number of amides is 1. The van der Waals surface area contributed by atoms with E-state index in [9.17, 15) is 9.18 Å². The molecule has 5 nitrogen and oxygen atoms in total. The fourth-order valence-corrected chi connectivity index (χ4v) is 1.57. The van der Waals surface area contributed by atoms with Gasteiger partial charge >= 0.3 is 0 Å². The van der Waals surface area contributed by atoms with E-state index in [1.165, 1.54) is 32.0 Å². The molecule has 0 aliphatic rings. The minimum atomic E-state index is -1.08. The Balaban J connectivity index is 2.99. The number of hydrogen-bond donors (Lipinski definition) is 3. The highest BCUT2D eigenvalue weighted by molar-refractivity contribution is 9.10. The van der Waals surface area contributed by atoms with E-state index in [0.717, 1.165) is 0 Å². The second-order valence-electron chi connectivity index (χ2n) is 4.19. The summed E-state index contributed by atoms with van der Waals surface area (Å²) in [5.41, 5.74) is 4.22. The number of hydrogen-bond acceptors (Lipinski definition) is 3. The van der Waals surface area contributed by atoms with Crippen LogP contribution in [0, 0.1) is 5.82 Å². The van der Waals surface area contributed by atoms with E-state index in [-0.39, 0.29) is 11.4 Å². The third-order valence-electron chi connectivity index (χ3n) is 2.35. The summed E-state index contributed by atoms with van der Waals surface area (Å²) in [7, 11) is 0. The summed E-state index contributed by atoms with van der Waals surface area (Å²) in [6.07, 6.45) is 0. The van der Waals surface area contributed by atoms with E-state index in [2.05, 4.69) is 26.4 Å².